The van der Waals surface area contributed by atoms with Gasteiger partial charge in [-0.1, -0.05) is 6.07 Å². The number of halogens is 1. The molecule has 0 spiro atoms. The molecule has 1 saturated heterocycles. The lowest BCUT2D eigenvalue weighted by atomic mass is 10.0. The predicted molar refractivity (Wildman–Crippen MR) is 72.0 cm³/mol. The lowest BCUT2D eigenvalue weighted by molar-refractivity contribution is 0.157. The minimum atomic E-state index is -0.329. The van der Waals surface area contributed by atoms with E-state index in [1.807, 2.05) is 0 Å². The first-order chi connectivity index (χ1) is 9.22. The Hall–Kier alpha value is -1.17. The van der Waals surface area contributed by atoms with Gasteiger partial charge in [-0.05, 0) is 24.1 Å². The first-order valence-corrected chi connectivity index (χ1v) is 6.62. The van der Waals surface area contributed by atoms with Gasteiger partial charge in [-0.15, -0.1) is 0 Å². The number of rotatable bonds is 5. The number of ether oxygens (including phenoxy) is 1. The second-order valence-corrected chi connectivity index (χ2v) is 4.85. The minimum Gasteiger partial charge on any atom is -0.494 e. The highest BCUT2D eigenvalue weighted by Gasteiger charge is 2.19. The van der Waals surface area contributed by atoms with Crippen molar-refractivity contribution in [2.45, 2.75) is 12.5 Å². The van der Waals surface area contributed by atoms with E-state index < -0.39 is 0 Å². The molecule has 5 heteroatoms. The molecule has 4 nitrogen and oxygen atoms in total. The van der Waals surface area contributed by atoms with E-state index in [9.17, 15) is 4.39 Å². The Morgan fingerprint density at radius 2 is 2.37 bits per heavy atom. The van der Waals surface area contributed by atoms with Crippen LogP contribution < -0.4 is 10.1 Å². The smallest absolute Gasteiger partial charge is 0.165 e. The van der Waals surface area contributed by atoms with Crippen molar-refractivity contribution < 1.29 is 14.2 Å². The highest BCUT2D eigenvalue weighted by atomic mass is 19.1. The first kappa shape index (κ1) is 14.2. The number of aliphatic hydroxyl groups excluding tert-OH is 1. The molecule has 2 rings (SSSR count). The lowest BCUT2D eigenvalue weighted by Crippen LogP contribution is -2.52. The second kappa shape index (κ2) is 6.84. The van der Waals surface area contributed by atoms with Gasteiger partial charge in [-0.2, -0.15) is 0 Å². The number of nitrogens with zero attached hydrogens (tertiary/aromatic N) is 1. The molecule has 1 aliphatic rings. The predicted octanol–water partition coefficient (Wildman–Crippen LogP) is 0.643. The van der Waals surface area contributed by atoms with Gasteiger partial charge < -0.3 is 15.2 Å². The number of hydrogen-bond donors (Lipinski definition) is 2. The van der Waals surface area contributed by atoms with Crippen LogP contribution in [0.25, 0.3) is 0 Å². The Bertz CT molecular complexity index is 412. The van der Waals surface area contributed by atoms with E-state index >= 15 is 0 Å². The van der Waals surface area contributed by atoms with E-state index in [1.165, 1.54) is 13.2 Å². The molecular weight excluding hydrogens is 247 g/mol. The highest BCUT2D eigenvalue weighted by Crippen LogP contribution is 2.19. The molecule has 0 amide bonds. The first-order valence-electron chi connectivity index (χ1n) is 6.62. The number of β-amino-alcohol motifs (C(OH)–C–C–N with tert-alkyl or cyclic N) is 1. The van der Waals surface area contributed by atoms with E-state index in [-0.39, 0.29) is 12.4 Å². The van der Waals surface area contributed by atoms with E-state index in [0.29, 0.717) is 18.3 Å². The summed E-state index contributed by atoms with van der Waals surface area (Å²) in [5, 5.41) is 12.4. The molecule has 1 aromatic rings. The topological polar surface area (TPSA) is 44.7 Å². The molecule has 0 aromatic heterocycles. The fraction of sp³-hybridized carbons (Fsp3) is 0.571. The Kier molecular flexibility index (Phi) is 5.13. The molecule has 0 bridgehead atoms. The standard InChI is InChI=1S/C14H21FN2O2/c1-19-14-9-11(2-3-13(14)15)8-12-10-17(6-7-18)5-4-16-12/h2-3,9,12,16,18H,4-8,10H2,1H3. The van der Waals surface area contributed by atoms with Crippen molar-refractivity contribution in [1.82, 2.24) is 10.2 Å². The fourth-order valence-electron chi connectivity index (χ4n) is 2.49. The van der Waals surface area contributed by atoms with Gasteiger partial charge in [0.1, 0.15) is 0 Å². The molecule has 1 aromatic carbocycles. The quantitative estimate of drug-likeness (QED) is 0.823. The molecule has 2 N–H and O–H groups in total. The zero-order valence-electron chi connectivity index (χ0n) is 11.2. The monoisotopic (exact) mass is 268 g/mol. The molecule has 0 aliphatic carbocycles. The van der Waals surface area contributed by atoms with Gasteiger partial charge in [-0.3, -0.25) is 4.90 Å². The van der Waals surface area contributed by atoms with Gasteiger partial charge in [0.25, 0.3) is 0 Å². The van der Waals surface area contributed by atoms with Gasteiger partial charge in [0.2, 0.25) is 0 Å². The minimum absolute atomic E-state index is 0.192. The zero-order valence-corrected chi connectivity index (χ0v) is 11.2. The Labute approximate surface area is 113 Å². The van der Waals surface area contributed by atoms with Crippen LogP contribution in [0.5, 0.6) is 5.75 Å². The molecule has 1 unspecified atom stereocenters. The summed E-state index contributed by atoms with van der Waals surface area (Å²) in [7, 11) is 1.48. The molecule has 1 fully saturated rings. The summed E-state index contributed by atoms with van der Waals surface area (Å²) < 4.78 is 18.3. The third kappa shape index (κ3) is 3.89. The van der Waals surface area contributed by atoms with Crippen LogP contribution in [0, 0.1) is 5.82 Å². The van der Waals surface area contributed by atoms with Crippen molar-refractivity contribution in [3.63, 3.8) is 0 Å². The molecule has 1 atom stereocenters. The van der Waals surface area contributed by atoms with Gasteiger partial charge in [-0.25, -0.2) is 4.39 Å². The van der Waals surface area contributed by atoms with Crippen LogP contribution in [-0.4, -0.2) is 55.9 Å². The maximum atomic E-state index is 13.3. The molecule has 0 radical (unpaired) electrons. The molecule has 0 saturated carbocycles. The summed E-state index contributed by atoms with van der Waals surface area (Å²) in [6, 6.07) is 5.32. The maximum absolute atomic E-state index is 13.3. The van der Waals surface area contributed by atoms with E-state index in [0.717, 1.165) is 31.6 Å². The number of methoxy groups -OCH3 is 1. The average Bonchev–Trinajstić information content (AvgIpc) is 2.42. The number of nitrogens with one attached hydrogen (secondary N) is 1. The largest absolute Gasteiger partial charge is 0.494 e. The van der Waals surface area contributed by atoms with Crippen LogP contribution in [0.2, 0.25) is 0 Å². The molecule has 106 valence electrons. The summed E-state index contributed by atoms with van der Waals surface area (Å²) in [5.41, 5.74) is 1.06. The third-order valence-corrected chi connectivity index (χ3v) is 3.45. The molecular formula is C14H21FN2O2. The van der Waals surface area contributed by atoms with Crippen LogP contribution >= 0.6 is 0 Å². The van der Waals surface area contributed by atoms with Crippen LogP contribution in [0.3, 0.4) is 0 Å². The van der Waals surface area contributed by atoms with Crippen molar-refractivity contribution in [3.8, 4) is 5.75 Å². The van der Waals surface area contributed by atoms with Crippen LogP contribution in [-0.2, 0) is 6.42 Å². The summed E-state index contributed by atoms with van der Waals surface area (Å²) in [4.78, 5) is 2.24. The number of aliphatic hydroxyl groups is 1. The maximum Gasteiger partial charge on any atom is 0.165 e. The average molecular weight is 268 g/mol. The molecule has 1 aliphatic heterocycles. The highest BCUT2D eigenvalue weighted by molar-refractivity contribution is 5.30. The number of benzene rings is 1. The molecule has 1 heterocycles. The normalized spacial score (nSPS) is 20.5. The molecule has 19 heavy (non-hydrogen) atoms. The van der Waals surface area contributed by atoms with Crippen LogP contribution in [0.15, 0.2) is 18.2 Å². The van der Waals surface area contributed by atoms with Crippen molar-refractivity contribution in [2.24, 2.45) is 0 Å². The number of hydrogen-bond acceptors (Lipinski definition) is 4. The summed E-state index contributed by atoms with van der Waals surface area (Å²) in [6.07, 6.45) is 0.832. The lowest BCUT2D eigenvalue weighted by Gasteiger charge is -2.33. The zero-order chi connectivity index (χ0) is 13.7. The third-order valence-electron chi connectivity index (χ3n) is 3.45. The summed E-state index contributed by atoms with van der Waals surface area (Å²) in [5.74, 6) is -0.0368. The van der Waals surface area contributed by atoms with Crippen LogP contribution in [0.4, 0.5) is 4.39 Å². The Morgan fingerprint density at radius 1 is 1.53 bits per heavy atom. The fourth-order valence-corrected chi connectivity index (χ4v) is 2.49. The van der Waals surface area contributed by atoms with E-state index in [2.05, 4.69) is 10.2 Å². The van der Waals surface area contributed by atoms with Crippen molar-refractivity contribution >= 4 is 0 Å². The van der Waals surface area contributed by atoms with Crippen molar-refractivity contribution in [2.75, 3.05) is 39.9 Å². The Morgan fingerprint density at radius 3 is 3.11 bits per heavy atom. The summed E-state index contributed by atoms with van der Waals surface area (Å²) in [6.45, 7) is 3.69. The van der Waals surface area contributed by atoms with E-state index in [1.54, 1.807) is 12.1 Å². The van der Waals surface area contributed by atoms with Gasteiger partial charge >= 0.3 is 0 Å². The van der Waals surface area contributed by atoms with E-state index in [4.69, 9.17) is 9.84 Å². The van der Waals surface area contributed by atoms with Crippen LogP contribution in [0.1, 0.15) is 5.56 Å². The second-order valence-electron chi connectivity index (χ2n) is 4.85. The summed E-state index contributed by atoms with van der Waals surface area (Å²) >= 11 is 0. The van der Waals surface area contributed by atoms with Crippen molar-refractivity contribution in [3.05, 3.63) is 29.6 Å². The van der Waals surface area contributed by atoms with Gasteiger partial charge in [0, 0.05) is 32.2 Å². The van der Waals surface area contributed by atoms with Crippen molar-refractivity contribution in [1.29, 1.82) is 0 Å². The van der Waals surface area contributed by atoms with Gasteiger partial charge in [0.15, 0.2) is 11.6 Å². The number of piperazine rings is 1. The Balaban J connectivity index is 1.96. The van der Waals surface area contributed by atoms with Gasteiger partial charge in [0.05, 0.1) is 13.7 Å². The SMILES string of the molecule is COc1cc(CC2CN(CCO)CCN2)ccc1F.